The summed E-state index contributed by atoms with van der Waals surface area (Å²) in [6.45, 7) is 6.45. The first-order valence-electron chi connectivity index (χ1n) is 5.00. The average Bonchev–Trinajstić information content (AvgIpc) is 2.71. The van der Waals surface area contributed by atoms with Crippen molar-refractivity contribution in [3.8, 4) is 0 Å². The summed E-state index contributed by atoms with van der Waals surface area (Å²) < 4.78 is 2.11. The molecule has 0 bridgehead atoms. The molecule has 2 heterocycles. The van der Waals surface area contributed by atoms with Crippen molar-refractivity contribution in [2.24, 2.45) is 0 Å². The summed E-state index contributed by atoms with van der Waals surface area (Å²) in [5.74, 6) is 0. The highest BCUT2D eigenvalue weighted by Crippen LogP contribution is 2.10. The van der Waals surface area contributed by atoms with Gasteiger partial charge >= 0.3 is 0 Å². The van der Waals surface area contributed by atoms with E-state index >= 15 is 0 Å². The van der Waals surface area contributed by atoms with Crippen molar-refractivity contribution in [1.29, 1.82) is 0 Å². The van der Waals surface area contributed by atoms with Crippen molar-refractivity contribution in [3.05, 3.63) is 17.5 Å². The van der Waals surface area contributed by atoms with Crippen LogP contribution >= 0.6 is 0 Å². The lowest BCUT2D eigenvalue weighted by Crippen LogP contribution is -2.27. The van der Waals surface area contributed by atoms with Crippen molar-refractivity contribution >= 4 is 0 Å². The van der Waals surface area contributed by atoms with Gasteiger partial charge < -0.3 is 5.32 Å². The minimum atomic E-state index is 0.637. The van der Waals surface area contributed by atoms with E-state index in [0.29, 0.717) is 6.04 Å². The maximum Gasteiger partial charge on any atom is 0.0565 e. The Hall–Kier alpha value is -0.830. The molecule has 0 spiro atoms. The number of rotatable bonds is 2. The maximum atomic E-state index is 4.36. The second-order valence-corrected chi connectivity index (χ2v) is 3.89. The minimum Gasteiger partial charge on any atom is -0.312 e. The van der Waals surface area contributed by atoms with Crippen molar-refractivity contribution in [3.63, 3.8) is 0 Å². The standard InChI is InChI=1S/C10H17N3/c1-8-6-12-13(9(8)2)7-10-4-3-5-11-10/h6,10-11H,3-5,7H2,1-2H3. The molecular weight excluding hydrogens is 162 g/mol. The predicted molar refractivity (Wildman–Crippen MR) is 52.7 cm³/mol. The quantitative estimate of drug-likeness (QED) is 0.740. The van der Waals surface area contributed by atoms with Crippen LogP contribution in [-0.2, 0) is 6.54 Å². The Morgan fingerprint density at radius 3 is 3.00 bits per heavy atom. The van der Waals surface area contributed by atoms with E-state index in [9.17, 15) is 0 Å². The van der Waals surface area contributed by atoms with Gasteiger partial charge in [-0.3, -0.25) is 4.68 Å². The van der Waals surface area contributed by atoms with Crippen LogP contribution in [0.15, 0.2) is 6.20 Å². The van der Waals surface area contributed by atoms with Gasteiger partial charge in [0.2, 0.25) is 0 Å². The lowest BCUT2D eigenvalue weighted by molar-refractivity contribution is 0.468. The first kappa shape index (κ1) is 8.75. The normalized spacial score (nSPS) is 22.5. The first-order valence-corrected chi connectivity index (χ1v) is 5.00. The van der Waals surface area contributed by atoms with E-state index in [4.69, 9.17) is 0 Å². The van der Waals surface area contributed by atoms with Gasteiger partial charge in [0, 0.05) is 11.7 Å². The molecule has 0 aliphatic carbocycles. The zero-order chi connectivity index (χ0) is 9.26. The van der Waals surface area contributed by atoms with Gasteiger partial charge in [-0.05, 0) is 38.8 Å². The molecular formula is C10H17N3. The molecule has 1 fully saturated rings. The third-order valence-electron chi connectivity index (χ3n) is 2.90. The molecule has 0 saturated carbocycles. The summed E-state index contributed by atoms with van der Waals surface area (Å²) in [4.78, 5) is 0. The van der Waals surface area contributed by atoms with Crippen LogP contribution in [0.5, 0.6) is 0 Å². The lowest BCUT2D eigenvalue weighted by Gasteiger charge is -2.11. The Bertz CT molecular complexity index is 284. The number of hydrogen-bond acceptors (Lipinski definition) is 2. The van der Waals surface area contributed by atoms with Crippen molar-refractivity contribution in [1.82, 2.24) is 15.1 Å². The monoisotopic (exact) mass is 179 g/mol. The molecule has 0 radical (unpaired) electrons. The topological polar surface area (TPSA) is 29.9 Å². The zero-order valence-electron chi connectivity index (χ0n) is 8.38. The van der Waals surface area contributed by atoms with Crippen molar-refractivity contribution in [2.45, 2.75) is 39.3 Å². The highest BCUT2D eigenvalue weighted by Gasteiger charge is 2.15. The van der Waals surface area contributed by atoms with Crippen LogP contribution < -0.4 is 5.32 Å². The van der Waals surface area contributed by atoms with E-state index in [0.717, 1.165) is 6.54 Å². The smallest absolute Gasteiger partial charge is 0.0565 e. The Balaban J connectivity index is 2.04. The fourth-order valence-corrected chi connectivity index (χ4v) is 1.85. The molecule has 1 atom stereocenters. The third kappa shape index (κ3) is 1.75. The van der Waals surface area contributed by atoms with Gasteiger partial charge in [0.25, 0.3) is 0 Å². The number of nitrogens with one attached hydrogen (secondary N) is 1. The molecule has 0 aromatic carbocycles. The minimum absolute atomic E-state index is 0.637. The van der Waals surface area contributed by atoms with E-state index in [1.807, 2.05) is 6.20 Å². The van der Waals surface area contributed by atoms with Crippen LogP contribution in [0.1, 0.15) is 24.1 Å². The van der Waals surface area contributed by atoms with Gasteiger partial charge in [-0.25, -0.2) is 0 Å². The predicted octanol–water partition coefficient (Wildman–Crippen LogP) is 1.25. The van der Waals surface area contributed by atoms with E-state index < -0.39 is 0 Å². The van der Waals surface area contributed by atoms with Crippen LogP contribution in [0.3, 0.4) is 0 Å². The highest BCUT2D eigenvalue weighted by molar-refractivity contribution is 5.13. The highest BCUT2D eigenvalue weighted by atomic mass is 15.3. The molecule has 1 saturated heterocycles. The molecule has 13 heavy (non-hydrogen) atoms. The fraction of sp³-hybridized carbons (Fsp3) is 0.700. The summed E-state index contributed by atoms with van der Waals surface area (Å²) in [7, 11) is 0. The molecule has 3 heteroatoms. The first-order chi connectivity index (χ1) is 6.27. The molecule has 0 amide bonds. The Kier molecular flexibility index (Phi) is 2.36. The van der Waals surface area contributed by atoms with Gasteiger partial charge in [-0.15, -0.1) is 0 Å². The van der Waals surface area contributed by atoms with Crippen molar-refractivity contribution in [2.75, 3.05) is 6.54 Å². The van der Waals surface area contributed by atoms with Crippen molar-refractivity contribution < 1.29 is 0 Å². The Labute approximate surface area is 79.1 Å². The lowest BCUT2D eigenvalue weighted by atomic mass is 10.2. The Morgan fingerprint density at radius 1 is 1.62 bits per heavy atom. The SMILES string of the molecule is Cc1cnn(CC2CCCN2)c1C. The van der Waals surface area contributed by atoms with E-state index in [1.54, 1.807) is 0 Å². The molecule has 1 N–H and O–H groups in total. The fourth-order valence-electron chi connectivity index (χ4n) is 1.85. The van der Waals surface area contributed by atoms with E-state index in [-0.39, 0.29) is 0 Å². The van der Waals surface area contributed by atoms with E-state index in [2.05, 4.69) is 28.9 Å². The zero-order valence-corrected chi connectivity index (χ0v) is 8.38. The van der Waals surface area contributed by atoms with Crippen LogP contribution in [-0.4, -0.2) is 22.4 Å². The maximum absolute atomic E-state index is 4.36. The van der Waals surface area contributed by atoms with Gasteiger partial charge in [0.15, 0.2) is 0 Å². The van der Waals surface area contributed by atoms with Crippen LogP contribution in [0, 0.1) is 13.8 Å². The second kappa shape index (κ2) is 3.50. The summed E-state index contributed by atoms with van der Waals surface area (Å²) >= 11 is 0. The largest absolute Gasteiger partial charge is 0.312 e. The second-order valence-electron chi connectivity index (χ2n) is 3.89. The molecule has 2 rings (SSSR count). The summed E-state index contributed by atoms with van der Waals surface area (Å²) in [5.41, 5.74) is 2.59. The third-order valence-corrected chi connectivity index (χ3v) is 2.90. The molecule has 72 valence electrons. The summed E-state index contributed by atoms with van der Waals surface area (Å²) in [5, 5.41) is 7.84. The van der Waals surface area contributed by atoms with Gasteiger partial charge in [-0.1, -0.05) is 0 Å². The van der Waals surface area contributed by atoms with Crippen LogP contribution in [0.2, 0.25) is 0 Å². The number of hydrogen-bond donors (Lipinski definition) is 1. The molecule has 1 aromatic heterocycles. The van der Waals surface area contributed by atoms with Crippen LogP contribution in [0.4, 0.5) is 0 Å². The number of aryl methyl sites for hydroxylation is 1. The van der Waals surface area contributed by atoms with Gasteiger partial charge in [-0.2, -0.15) is 5.10 Å². The van der Waals surface area contributed by atoms with E-state index in [1.165, 1.54) is 30.6 Å². The number of nitrogens with zero attached hydrogens (tertiary/aromatic N) is 2. The van der Waals surface area contributed by atoms with Gasteiger partial charge in [0.1, 0.15) is 0 Å². The van der Waals surface area contributed by atoms with Crippen LogP contribution in [0.25, 0.3) is 0 Å². The molecule has 1 unspecified atom stereocenters. The summed E-state index contributed by atoms with van der Waals surface area (Å²) in [6, 6.07) is 0.637. The molecule has 3 nitrogen and oxygen atoms in total. The summed E-state index contributed by atoms with van der Waals surface area (Å²) in [6.07, 6.45) is 4.55. The van der Waals surface area contributed by atoms with Gasteiger partial charge in [0.05, 0.1) is 12.7 Å². The average molecular weight is 179 g/mol. The molecule has 1 aromatic rings. The molecule has 1 aliphatic rings. The number of aromatic nitrogens is 2. The molecule has 1 aliphatic heterocycles. The Morgan fingerprint density at radius 2 is 2.46 bits per heavy atom.